The van der Waals surface area contributed by atoms with Gasteiger partial charge >= 0.3 is 6.09 Å². The van der Waals surface area contributed by atoms with Gasteiger partial charge in [-0.3, -0.25) is 9.59 Å². The zero-order valence-electron chi connectivity index (χ0n) is 18.7. The van der Waals surface area contributed by atoms with Gasteiger partial charge in [-0.15, -0.1) is 0 Å². The maximum Gasteiger partial charge on any atom is 0.407 e. The summed E-state index contributed by atoms with van der Waals surface area (Å²) in [5, 5.41) is 3.28. The lowest BCUT2D eigenvalue weighted by Crippen LogP contribution is -2.48. The number of H-pyrrole nitrogens is 1. The van der Waals surface area contributed by atoms with Crippen LogP contribution in [0.25, 0.3) is 10.9 Å². The molecule has 1 amide bonds. The number of amides is 1. The highest BCUT2D eigenvalue weighted by molar-refractivity contribution is 9.10. The van der Waals surface area contributed by atoms with Crippen molar-refractivity contribution in [1.29, 1.82) is 0 Å². The van der Waals surface area contributed by atoms with Crippen LogP contribution < -0.4 is 10.9 Å². The molecule has 7 nitrogen and oxygen atoms in total. The van der Waals surface area contributed by atoms with Gasteiger partial charge in [0.05, 0.1) is 24.1 Å². The Hall–Kier alpha value is -2.22. The molecule has 0 spiro atoms. The number of halogens is 1. The van der Waals surface area contributed by atoms with Crippen LogP contribution in [-0.2, 0) is 9.53 Å². The van der Waals surface area contributed by atoms with Gasteiger partial charge < -0.3 is 15.0 Å². The van der Waals surface area contributed by atoms with Crippen molar-refractivity contribution < 1.29 is 14.3 Å². The molecule has 0 radical (unpaired) electrons. The summed E-state index contributed by atoms with van der Waals surface area (Å²) < 4.78 is 5.62. The third kappa shape index (κ3) is 4.34. The molecule has 5 atom stereocenters. The van der Waals surface area contributed by atoms with Crippen molar-refractivity contribution in [3.05, 3.63) is 38.9 Å². The summed E-state index contributed by atoms with van der Waals surface area (Å²) >= 11 is 3.46. The van der Waals surface area contributed by atoms with Crippen LogP contribution in [0.1, 0.15) is 57.7 Å². The number of Topliss-reactive ketones (excluding diaryl/α,β-unsaturated/α-hetero) is 1. The van der Waals surface area contributed by atoms with Gasteiger partial charge in [0.2, 0.25) is 0 Å². The summed E-state index contributed by atoms with van der Waals surface area (Å²) in [7, 11) is 1.30. The number of carbonyl (C=O) groups is 2. The Morgan fingerprint density at radius 3 is 2.72 bits per heavy atom. The van der Waals surface area contributed by atoms with Crippen LogP contribution in [0.2, 0.25) is 0 Å². The van der Waals surface area contributed by atoms with E-state index >= 15 is 0 Å². The van der Waals surface area contributed by atoms with E-state index in [0.717, 1.165) is 36.6 Å². The normalized spacial score (nSPS) is 26.0. The maximum absolute atomic E-state index is 13.9. The monoisotopic (exact) mass is 503 g/mol. The van der Waals surface area contributed by atoms with Crippen molar-refractivity contribution in [3.8, 4) is 0 Å². The van der Waals surface area contributed by atoms with Gasteiger partial charge in [0.15, 0.2) is 5.78 Å². The molecule has 2 N–H and O–H groups in total. The number of benzene rings is 1. The number of aromatic nitrogens is 2. The maximum atomic E-state index is 13.9. The molecule has 172 valence electrons. The second-order valence-electron chi connectivity index (χ2n) is 9.45. The highest BCUT2D eigenvalue weighted by Gasteiger charge is 2.50. The van der Waals surface area contributed by atoms with Crippen LogP contribution in [0.15, 0.2) is 27.5 Å². The number of ketones is 1. The molecule has 4 rings (SSSR count). The molecular weight excluding hydrogens is 474 g/mol. The van der Waals surface area contributed by atoms with Crippen LogP contribution >= 0.6 is 15.9 Å². The van der Waals surface area contributed by atoms with Gasteiger partial charge in [-0.2, -0.15) is 0 Å². The third-order valence-corrected chi connectivity index (χ3v) is 7.71. The first-order valence-corrected chi connectivity index (χ1v) is 12.2. The highest BCUT2D eigenvalue weighted by atomic mass is 79.9. The first kappa shape index (κ1) is 23.0. The number of carbonyl (C=O) groups excluding carboxylic acids is 2. The largest absolute Gasteiger partial charge is 0.453 e. The predicted molar refractivity (Wildman–Crippen MR) is 126 cm³/mol. The zero-order chi connectivity index (χ0) is 23.0. The molecule has 1 unspecified atom stereocenters. The summed E-state index contributed by atoms with van der Waals surface area (Å²) in [5.74, 6) is 0.716. The number of rotatable bonds is 5. The molecule has 1 heterocycles. The molecule has 0 saturated heterocycles. The summed E-state index contributed by atoms with van der Waals surface area (Å²) in [6.07, 6.45) is 4.57. The van der Waals surface area contributed by atoms with E-state index in [1.165, 1.54) is 7.11 Å². The second-order valence-corrected chi connectivity index (χ2v) is 10.4. The molecule has 2 fully saturated rings. The topological polar surface area (TPSA) is 101 Å². The van der Waals surface area contributed by atoms with E-state index in [9.17, 15) is 14.4 Å². The Morgan fingerprint density at radius 1 is 1.25 bits per heavy atom. The minimum absolute atomic E-state index is 0.0155. The fourth-order valence-corrected chi connectivity index (χ4v) is 6.08. The number of hydrogen-bond donors (Lipinski definition) is 2. The lowest BCUT2D eigenvalue weighted by atomic mass is 9.73. The number of methoxy groups -OCH3 is 1. The molecule has 2 saturated carbocycles. The number of fused-ring (bicyclic) bond motifs is 2. The number of nitrogens with zero attached hydrogens (tertiary/aromatic N) is 1. The molecule has 1 aromatic carbocycles. The summed E-state index contributed by atoms with van der Waals surface area (Å²) in [4.78, 5) is 46.4. The SMILES string of the molecule is COC(=O)N[C@H](C(=O)C1[C@H]2CCCC[C@H]2C[C@H]1c1nc2cc(Br)ccc2c(=O)[nH]1)C(C)C. The number of aromatic amines is 1. The minimum Gasteiger partial charge on any atom is -0.453 e. The molecule has 0 aliphatic heterocycles. The van der Waals surface area contributed by atoms with E-state index in [0.29, 0.717) is 22.6 Å². The Balaban J connectivity index is 1.76. The van der Waals surface area contributed by atoms with Crippen molar-refractivity contribution in [1.82, 2.24) is 15.3 Å². The summed E-state index contributed by atoms with van der Waals surface area (Å²) in [5.41, 5.74) is 0.430. The fourth-order valence-electron chi connectivity index (χ4n) is 5.73. The summed E-state index contributed by atoms with van der Waals surface area (Å²) in [6, 6.07) is 4.77. The van der Waals surface area contributed by atoms with Gasteiger partial charge in [-0.25, -0.2) is 9.78 Å². The average Bonchev–Trinajstić information content (AvgIpc) is 3.15. The Morgan fingerprint density at radius 2 is 2.00 bits per heavy atom. The molecular formula is C24H30BrN3O4. The van der Waals surface area contributed by atoms with Crippen LogP contribution in [0.4, 0.5) is 4.79 Å². The van der Waals surface area contributed by atoms with Gasteiger partial charge in [-0.1, -0.05) is 49.0 Å². The van der Waals surface area contributed by atoms with Gasteiger partial charge in [-0.05, 0) is 48.8 Å². The standard InChI is InChI=1S/C24H30BrN3O4/c1-12(2)20(27-24(31)32-3)21(29)19-15-7-5-4-6-13(15)10-17(19)22-26-18-11-14(25)8-9-16(18)23(30)28-22/h8-9,11-13,15,17,19-20H,4-7,10H2,1-3H3,(H,27,31)(H,26,28,30)/t13-,15-,17+,19?,20-/m0/s1. The molecule has 2 aliphatic carbocycles. The lowest BCUT2D eigenvalue weighted by molar-refractivity contribution is -0.128. The Bertz CT molecular complexity index is 1080. The highest BCUT2D eigenvalue weighted by Crippen LogP contribution is 2.53. The molecule has 2 aliphatic rings. The van der Waals surface area contributed by atoms with Crippen molar-refractivity contribution in [2.75, 3.05) is 7.11 Å². The number of hydrogen-bond acceptors (Lipinski definition) is 5. The van der Waals surface area contributed by atoms with Crippen LogP contribution in [0, 0.1) is 23.7 Å². The van der Waals surface area contributed by atoms with Crippen LogP contribution in [-0.4, -0.2) is 35.0 Å². The first-order chi connectivity index (χ1) is 15.3. The first-order valence-electron chi connectivity index (χ1n) is 11.4. The van der Waals surface area contributed by atoms with Crippen molar-refractivity contribution in [2.45, 2.75) is 57.9 Å². The molecule has 32 heavy (non-hydrogen) atoms. The smallest absolute Gasteiger partial charge is 0.407 e. The minimum atomic E-state index is -0.642. The Labute approximate surface area is 195 Å². The summed E-state index contributed by atoms with van der Waals surface area (Å²) in [6.45, 7) is 3.85. The number of alkyl carbamates (subject to hydrolysis) is 1. The Kier molecular flexibility index (Phi) is 6.70. The number of ether oxygens (including phenoxy) is 1. The zero-order valence-corrected chi connectivity index (χ0v) is 20.3. The van der Waals surface area contributed by atoms with Crippen molar-refractivity contribution in [2.24, 2.45) is 23.7 Å². The van der Waals surface area contributed by atoms with E-state index in [-0.39, 0.29) is 35.0 Å². The molecule has 0 bridgehead atoms. The van der Waals surface area contributed by atoms with E-state index in [1.54, 1.807) is 6.07 Å². The van der Waals surface area contributed by atoms with Gasteiger partial charge in [0, 0.05) is 16.3 Å². The van der Waals surface area contributed by atoms with Crippen molar-refractivity contribution in [3.63, 3.8) is 0 Å². The van der Waals surface area contributed by atoms with Gasteiger partial charge in [0.1, 0.15) is 5.82 Å². The molecule has 1 aromatic heterocycles. The quantitative estimate of drug-likeness (QED) is 0.623. The number of nitrogens with one attached hydrogen (secondary N) is 2. The molecule has 2 aromatic rings. The van der Waals surface area contributed by atoms with E-state index in [2.05, 4.69) is 26.2 Å². The van der Waals surface area contributed by atoms with Gasteiger partial charge in [0.25, 0.3) is 5.56 Å². The molecule has 8 heteroatoms. The second kappa shape index (κ2) is 9.33. The van der Waals surface area contributed by atoms with E-state index in [4.69, 9.17) is 9.72 Å². The van der Waals surface area contributed by atoms with Crippen LogP contribution in [0.3, 0.4) is 0 Å². The lowest BCUT2D eigenvalue weighted by Gasteiger charge is -2.32. The predicted octanol–water partition coefficient (Wildman–Crippen LogP) is 4.55. The van der Waals surface area contributed by atoms with Crippen LogP contribution in [0.5, 0.6) is 0 Å². The van der Waals surface area contributed by atoms with E-state index in [1.807, 2.05) is 26.0 Å². The third-order valence-electron chi connectivity index (χ3n) is 7.22. The van der Waals surface area contributed by atoms with E-state index < -0.39 is 12.1 Å². The average molecular weight is 504 g/mol. The fraction of sp³-hybridized carbons (Fsp3) is 0.583. The van der Waals surface area contributed by atoms with Crippen molar-refractivity contribution >= 4 is 38.7 Å².